The topological polar surface area (TPSA) is 52.9 Å². The number of hydrogen-bond acceptors (Lipinski definition) is 2. The van der Waals surface area contributed by atoms with Crippen LogP contribution >= 0.6 is 15.9 Å². The maximum absolute atomic E-state index is 11.8. The van der Waals surface area contributed by atoms with Gasteiger partial charge in [0.15, 0.2) is 0 Å². The van der Waals surface area contributed by atoms with E-state index in [0.717, 1.165) is 15.6 Å². The van der Waals surface area contributed by atoms with E-state index in [1.165, 1.54) is 0 Å². The minimum absolute atomic E-state index is 0.0265. The molecule has 1 aromatic rings. The summed E-state index contributed by atoms with van der Waals surface area (Å²) in [7, 11) is 0. The van der Waals surface area contributed by atoms with Crippen LogP contribution in [0.2, 0.25) is 0 Å². The van der Waals surface area contributed by atoms with Crippen LogP contribution in [0.15, 0.2) is 22.7 Å². The zero-order chi connectivity index (χ0) is 13.7. The average Bonchev–Trinajstić information content (AvgIpc) is 2.30. The molecule has 96 valence electrons. The Labute approximate surface area is 116 Å². The number of nitrogens with zero attached hydrogens (tertiary/aromatic N) is 1. The lowest BCUT2D eigenvalue weighted by molar-refractivity contribution is -0.124. The van der Waals surface area contributed by atoms with Gasteiger partial charge in [-0.15, -0.1) is 0 Å². The first-order valence-corrected chi connectivity index (χ1v) is 6.67. The normalized spacial score (nSPS) is 12.0. The number of nitriles is 1. The van der Waals surface area contributed by atoms with Gasteiger partial charge in [-0.05, 0) is 36.1 Å². The molecule has 1 amide bonds. The van der Waals surface area contributed by atoms with Gasteiger partial charge in [0.05, 0.1) is 6.07 Å². The van der Waals surface area contributed by atoms with E-state index in [4.69, 9.17) is 5.26 Å². The molecule has 1 rings (SSSR count). The van der Waals surface area contributed by atoms with Crippen molar-refractivity contribution in [1.82, 2.24) is 5.32 Å². The van der Waals surface area contributed by atoms with Crippen molar-refractivity contribution in [2.45, 2.75) is 27.3 Å². The molecule has 1 aromatic carbocycles. The molecule has 0 fully saturated rings. The standard InChI is InChI=1S/C14H17BrN2O/c1-9(2)13(7-16)14(18)17-8-11-6-12(15)5-4-10(11)3/h4-6,9,13H,8H2,1-3H3,(H,17,18). The Morgan fingerprint density at radius 1 is 1.50 bits per heavy atom. The molecule has 0 radical (unpaired) electrons. The predicted octanol–water partition coefficient (Wildman–Crippen LogP) is 3.17. The number of carbonyl (C=O) groups is 1. The Morgan fingerprint density at radius 3 is 2.72 bits per heavy atom. The highest BCUT2D eigenvalue weighted by Crippen LogP contribution is 2.16. The SMILES string of the molecule is Cc1ccc(Br)cc1CNC(=O)C(C#N)C(C)C. The number of rotatable bonds is 4. The monoisotopic (exact) mass is 308 g/mol. The van der Waals surface area contributed by atoms with Gasteiger partial charge in [-0.3, -0.25) is 4.79 Å². The molecule has 0 saturated carbocycles. The highest BCUT2D eigenvalue weighted by molar-refractivity contribution is 9.10. The molecule has 1 atom stereocenters. The molecule has 0 saturated heterocycles. The van der Waals surface area contributed by atoms with Gasteiger partial charge in [-0.1, -0.05) is 35.8 Å². The summed E-state index contributed by atoms with van der Waals surface area (Å²) in [4.78, 5) is 11.8. The van der Waals surface area contributed by atoms with Gasteiger partial charge >= 0.3 is 0 Å². The molecule has 4 heteroatoms. The van der Waals surface area contributed by atoms with Crippen molar-refractivity contribution >= 4 is 21.8 Å². The fraction of sp³-hybridized carbons (Fsp3) is 0.429. The van der Waals surface area contributed by atoms with Crippen molar-refractivity contribution in [3.8, 4) is 6.07 Å². The first-order chi connectivity index (χ1) is 8.45. The second-order valence-corrected chi connectivity index (χ2v) is 5.56. The molecule has 0 aliphatic carbocycles. The summed E-state index contributed by atoms with van der Waals surface area (Å²) in [5.74, 6) is -0.761. The number of nitrogens with one attached hydrogen (secondary N) is 1. The van der Waals surface area contributed by atoms with Crippen molar-refractivity contribution < 1.29 is 4.79 Å². The van der Waals surface area contributed by atoms with Crippen LogP contribution in [0.1, 0.15) is 25.0 Å². The van der Waals surface area contributed by atoms with Gasteiger partial charge in [0.25, 0.3) is 0 Å². The van der Waals surface area contributed by atoms with Crippen molar-refractivity contribution in [3.05, 3.63) is 33.8 Å². The number of hydrogen-bond donors (Lipinski definition) is 1. The maximum Gasteiger partial charge on any atom is 0.237 e. The second-order valence-electron chi connectivity index (χ2n) is 4.64. The molecule has 18 heavy (non-hydrogen) atoms. The number of carbonyl (C=O) groups excluding carboxylic acids is 1. The van der Waals surface area contributed by atoms with Crippen LogP contribution in [0.25, 0.3) is 0 Å². The zero-order valence-electron chi connectivity index (χ0n) is 10.8. The van der Waals surface area contributed by atoms with E-state index in [1.54, 1.807) is 0 Å². The molecule has 1 N–H and O–H groups in total. The maximum atomic E-state index is 11.8. The van der Waals surface area contributed by atoms with Gasteiger partial charge in [0, 0.05) is 11.0 Å². The predicted molar refractivity (Wildman–Crippen MR) is 74.7 cm³/mol. The van der Waals surface area contributed by atoms with Crippen molar-refractivity contribution in [1.29, 1.82) is 5.26 Å². The first kappa shape index (κ1) is 14.7. The minimum Gasteiger partial charge on any atom is -0.351 e. The average molecular weight is 309 g/mol. The summed E-state index contributed by atoms with van der Waals surface area (Å²) in [6.45, 7) is 6.20. The van der Waals surface area contributed by atoms with Crippen LogP contribution in [-0.4, -0.2) is 5.91 Å². The smallest absolute Gasteiger partial charge is 0.237 e. The minimum atomic E-state index is -0.586. The molecule has 0 aliphatic rings. The third kappa shape index (κ3) is 3.85. The van der Waals surface area contributed by atoms with Gasteiger partial charge in [-0.25, -0.2) is 0 Å². The summed E-state index contributed by atoms with van der Waals surface area (Å²) < 4.78 is 0.984. The molecule has 0 spiro atoms. The second kappa shape index (κ2) is 6.55. The number of aryl methyl sites for hydroxylation is 1. The highest BCUT2D eigenvalue weighted by atomic mass is 79.9. The van der Waals surface area contributed by atoms with Crippen LogP contribution in [-0.2, 0) is 11.3 Å². The fourth-order valence-corrected chi connectivity index (χ4v) is 2.04. The van der Waals surface area contributed by atoms with E-state index in [0.29, 0.717) is 6.54 Å². The molecule has 3 nitrogen and oxygen atoms in total. The number of halogens is 1. The van der Waals surface area contributed by atoms with Gasteiger partial charge < -0.3 is 5.32 Å². The van der Waals surface area contributed by atoms with Crippen LogP contribution < -0.4 is 5.32 Å². The van der Waals surface area contributed by atoms with Gasteiger partial charge in [0.2, 0.25) is 5.91 Å². The Bertz CT molecular complexity index is 477. The fourth-order valence-electron chi connectivity index (χ4n) is 1.63. The number of amides is 1. The molecule has 0 bridgehead atoms. The van der Waals surface area contributed by atoms with Crippen molar-refractivity contribution in [2.24, 2.45) is 11.8 Å². The lowest BCUT2D eigenvalue weighted by Crippen LogP contribution is -2.32. The van der Waals surface area contributed by atoms with Crippen LogP contribution in [0, 0.1) is 30.1 Å². The quantitative estimate of drug-likeness (QED) is 0.929. The van der Waals surface area contributed by atoms with Crippen LogP contribution in [0.4, 0.5) is 0 Å². The molecule has 0 aromatic heterocycles. The lowest BCUT2D eigenvalue weighted by Gasteiger charge is -2.14. The zero-order valence-corrected chi connectivity index (χ0v) is 12.4. The summed E-state index contributed by atoms with van der Waals surface area (Å²) in [6.07, 6.45) is 0. The van der Waals surface area contributed by atoms with Crippen LogP contribution in [0.5, 0.6) is 0 Å². The number of benzene rings is 1. The Kier molecular flexibility index (Phi) is 5.36. The highest BCUT2D eigenvalue weighted by Gasteiger charge is 2.21. The van der Waals surface area contributed by atoms with Gasteiger partial charge in [-0.2, -0.15) is 5.26 Å². The Balaban J connectivity index is 2.68. The summed E-state index contributed by atoms with van der Waals surface area (Å²) >= 11 is 3.40. The van der Waals surface area contributed by atoms with E-state index in [9.17, 15) is 4.79 Å². The largest absolute Gasteiger partial charge is 0.351 e. The summed E-state index contributed by atoms with van der Waals surface area (Å²) in [5, 5.41) is 11.8. The third-order valence-electron chi connectivity index (χ3n) is 2.85. The van der Waals surface area contributed by atoms with Gasteiger partial charge in [0.1, 0.15) is 5.92 Å². The first-order valence-electron chi connectivity index (χ1n) is 5.88. The van der Waals surface area contributed by atoms with Crippen molar-refractivity contribution in [2.75, 3.05) is 0 Å². The Hall–Kier alpha value is -1.34. The molecule has 0 aliphatic heterocycles. The molecule has 0 heterocycles. The molecular formula is C14H17BrN2O. The van der Waals surface area contributed by atoms with E-state index >= 15 is 0 Å². The van der Waals surface area contributed by atoms with E-state index < -0.39 is 5.92 Å². The van der Waals surface area contributed by atoms with E-state index in [2.05, 4.69) is 21.2 Å². The summed E-state index contributed by atoms with van der Waals surface area (Å²) in [5.41, 5.74) is 2.18. The molecule has 1 unspecified atom stereocenters. The third-order valence-corrected chi connectivity index (χ3v) is 3.35. The Morgan fingerprint density at radius 2 is 2.17 bits per heavy atom. The van der Waals surface area contributed by atoms with E-state index in [1.807, 2.05) is 45.0 Å². The lowest BCUT2D eigenvalue weighted by atomic mass is 9.96. The van der Waals surface area contributed by atoms with Crippen LogP contribution in [0.3, 0.4) is 0 Å². The van der Waals surface area contributed by atoms with Crippen molar-refractivity contribution in [3.63, 3.8) is 0 Å². The summed E-state index contributed by atoms with van der Waals surface area (Å²) in [6, 6.07) is 7.98. The van der Waals surface area contributed by atoms with E-state index in [-0.39, 0.29) is 11.8 Å². The molecular weight excluding hydrogens is 292 g/mol.